The minimum atomic E-state index is 0.177. The Hall–Kier alpha value is -0.830. The first-order valence-corrected chi connectivity index (χ1v) is 7.96. The highest BCUT2D eigenvalue weighted by molar-refractivity contribution is 9.10. The lowest BCUT2D eigenvalue weighted by Gasteiger charge is -2.32. The monoisotopic (exact) mass is 323 g/mol. The molecule has 0 bridgehead atoms. The molecule has 1 heterocycles. The summed E-state index contributed by atoms with van der Waals surface area (Å²) in [5.41, 5.74) is 1.96. The second-order valence-corrected chi connectivity index (χ2v) is 6.34. The summed E-state index contributed by atoms with van der Waals surface area (Å²) in [5, 5.41) is 0. The first-order chi connectivity index (χ1) is 9.11. The molecule has 19 heavy (non-hydrogen) atoms. The van der Waals surface area contributed by atoms with E-state index in [1.54, 1.807) is 0 Å². The van der Waals surface area contributed by atoms with Crippen LogP contribution in [0.3, 0.4) is 0 Å². The van der Waals surface area contributed by atoms with Gasteiger partial charge < -0.3 is 4.90 Å². The second-order valence-electron chi connectivity index (χ2n) is 5.49. The molecule has 1 aliphatic rings. The molecule has 0 unspecified atom stereocenters. The molecule has 1 aromatic rings. The number of benzene rings is 1. The van der Waals surface area contributed by atoms with Crippen LogP contribution in [0.5, 0.6) is 0 Å². The van der Waals surface area contributed by atoms with Crippen molar-refractivity contribution in [1.29, 1.82) is 0 Å². The van der Waals surface area contributed by atoms with Gasteiger partial charge in [0.2, 0.25) is 0 Å². The summed E-state index contributed by atoms with van der Waals surface area (Å²) >= 11 is 3.50. The van der Waals surface area contributed by atoms with Crippen molar-refractivity contribution < 1.29 is 4.79 Å². The standard InChI is InChI=1S/C16H22BrNO/c1-3-4-13-7-9-18(10-8-13)16(19)14-6-5-12(2)15(17)11-14/h5-6,11,13H,3-4,7-10H2,1-2H3. The third-order valence-corrected chi connectivity index (χ3v) is 4.87. The highest BCUT2D eigenvalue weighted by Crippen LogP contribution is 2.24. The van der Waals surface area contributed by atoms with Crippen molar-refractivity contribution in [1.82, 2.24) is 4.90 Å². The number of piperidine rings is 1. The van der Waals surface area contributed by atoms with Crippen LogP contribution < -0.4 is 0 Å². The van der Waals surface area contributed by atoms with Crippen molar-refractivity contribution in [2.45, 2.75) is 39.5 Å². The molecular weight excluding hydrogens is 302 g/mol. The number of hydrogen-bond acceptors (Lipinski definition) is 1. The van der Waals surface area contributed by atoms with Gasteiger partial charge in [0.25, 0.3) is 5.91 Å². The topological polar surface area (TPSA) is 20.3 Å². The summed E-state index contributed by atoms with van der Waals surface area (Å²) in [6, 6.07) is 5.87. The molecule has 2 rings (SSSR count). The number of rotatable bonds is 3. The third kappa shape index (κ3) is 3.59. The number of aryl methyl sites for hydroxylation is 1. The van der Waals surface area contributed by atoms with E-state index < -0.39 is 0 Å². The summed E-state index contributed by atoms with van der Waals surface area (Å²) in [5.74, 6) is 0.995. The average molecular weight is 324 g/mol. The van der Waals surface area contributed by atoms with Crippen molar-refractivity contribution in [2.75, 3.05) is 13.1 Å². The van der Waals surface area contributed by atoms with Crippen LogP contribution in [0.2, 0.25) is 0 Å². The maximum absolute atomic E-state index is 12.4. The van der Waals surface area contributed by atoms with E-state index in [0.717, 1.165) is 41.9 Å². The van der Waals surface area contributed by atoms with Crippen molar-refractivity contribution in [2.24, 2.45) is 5.92 Å². The fraction of sp³-hybridized carbons (Fsp3) is 0.562. The largest absolute Gasteiger partial charge is 0.339 e. The highest BCUT2D eigenvalue weighted by atomic mass is 79.9. The molecule has 0 saturated carbocycles. The van der Waals surface area contributed by atoms with Gasteiger partial charge in [-0.25, -0.2) is 0 Å². The lowest BCUT2D eigenvalue weighted by atomic mass is 9.92. The Labute approximate surface area is 124 Å². The number of carbonyl (C=O) groups excluding carboxylic acids is 1. The van der Waals surface area contributed by atoms with E-state index in [9.17, 15) is 4.79 Å². The van der Waals surface area contributed by atoms with Gasteiger partial charge in [0.15, 0.2) is 0 Å². The molecule has 0 spiro atoms. The van der Waals surface area contributed by atoms with Gasteiger partial charge in [0.1, 0.15) is 0 Å². The predicted molar refractivity (Wildman–Crippen MR) is 82.4 cm³/mol. The molecule has 1 aromatic carbocycles. The molecule has 0 aromatic heterocycles. The zero-order chi connectivity index (χ0) is 13.8. The number of amides is 1. The van der Waals surface area contributed by atoms with Crippen molar-refractivity contribution in [3.63, 3.8) is 0 Å². The Morgan fingerprint density at radius 1 is 1.37 bits per heavy atom. The van der Waals surface area contributed by atoms with E-state index in [0.29, 0.717) is 0 Å². The van der Waals surface area contributed by atoms with Gasteiger partial charge in [-0.3, -0.25) is 4.79 Å². The predicted octanol–water partition coefficient (Wildman–Crippen LogP) is 4.41. The summed E-state index contributed by atoms with van der Waals surface area (Å²) in [4.78, 5) is 14.4. The fourth-order valence-corrected chi connectivity index (χ4v) is 3.12. The summed E-state index contributed by atoms with van der Waals surface area (Å²) in [7, 11) is 0. The van der Waals surface area contributed by atoms with Crippen molar-refractivity contribution in [3.8, 4) is 0 Å². The molecule has 1 fully saturated rings. The van der Waals surface area contributed by atoms with E-state index in [1.165, 1.54) is 18.4 Å². The minimum Gasteiger partial charge on any atom is -0.339 e. The Morgan fingerprint density at radius 2 is 2.05 bits per heavy atom. The van der Waals surface area contributed by atoms with Crippen LogP contribution in [0.15, 0.2) is 22.7 Å². The van der Waals surface area contributed by atoms with Crippen LogP contribution in [0.1, 0.15) is 48.5 Å². The molecule has 0 N–H and O–H groups in total. The van der Waals surface area contributed by atoms with E-state index in [-0.39, 0.29) is 5.91 Å². The number of halogens is 1. The molecule has 2 nitrogen and oxygen atoms in total. The van der Waals surface area contributed by atoms with Gasteiger partial charge in [-0.05, 0) is 43.4 Å². The SMILES string of the molecule is CCCC1CCN(C(=O)c2ccc(C)c(Br)c2)CC1. The second kappa shape index (κ2) is 6.56. The van der Waals surface area contributed by atoms with Crippen LogP contribution in [-0.2, 0) is 0 Å². The van der Waals surface area contributed by atoms with Crippen molar-refractivity contribution >= 4 is 21.8 Å². The number of carbonyl (C=O) groups is 1. The molecule has 104 valence electrons. The highest BCUT2D eigenvalue weighted by Gasteiger charge is 2.23. The van der Waals surface area contributed by atoms with Gasteiger partial charge in [-0.15, -0.1) is 0 Å². The first-order valence-electron chi connectivity index (χ1n) is 7.17. The van der Waals surface area contributed by atoms with Crippen LogP contribution in [0.4, 0.5) is 0 Å². The van der Waals surface area contributed by atoms with Gasteiger partial charge in [-0.1, -0.05) is 41.8 Å². The van der Waals surface area contributed by atoms with Gasteiger partial charge >= 0.3 is 0 Å². The van der Waals surface area contributed by atoms with E-state index in [4.69, 9.17) is 0 Å². The molecular formula is C16H22BrNO. The Bertz CT molecular complexity index is 450. The number of hydrogen-bond donors (Lipinski definition) is 0. The molecule has 1 amide bonds. The zero-order valence-corrected chi connectivity index (χ0v) is 13.4. The molecule has 1 aliphatic heterocycles. The third-order valence-electron chi connectivity index (χ3n) is 4.02. The zero-order valence-electron chi connectivity index (χ0n) is 11.8. The fourth-order valence-electron chi connectivity index (χ4n) is 2.74. The average Bonchev–Trinajstić information content (AvgIpc) is 2.42. The first kappa shape index (κ1) is 14.6. The quantitative estimate of drug-likeness (QED) is 0.806. The van der Waals surface area contributed by atoms with Gasteiger partial charge in [-0.2, -0.15) is 0 Å². The van der Waals surface area contributed by atoms with E-state index in [1.807, 2.05) is 30.0 Å². The molecule has 0 radical (unpaired) electrons. The number of nitrogens with zero attached hydrogens (tertiary/aromatic N) is 1. The minimum absolute atomic E-state index is 0.177. The maximum atomic E-state index is 12.4. The smallest absolute Gasteiger partial charge is 0.253 e. The van der Waals surface area contributed by atoms with E-state index in [2.05, 4.69) is 22.9 Å². The Kier molecular flexibility index (Phi) is 5.03. The lowest BCUT2D eigenvalue weighted by molar-refractivity contribution is 0.0686. The number of likely N-dealkylation sites (tertiary alicyclic amines) is 1. The summed E-state index contributed by atoms with van der Waals surface area (Å²) in [6.45, 7) is 6.10. The van der Waals surface area contributed by atoms with Crippen LogP contribution in [-0.4, -0.2) is 23.9 Å². The summed E-state index contributed by atoms with van der Waals surface area (Å²) < 4.78 is 1.01. The maximum Gasteiger partial charge on any atom is 0.253 e. The van der Waals surface area contributed by atoms with Crippen molar-refractivity contribution in [3.05, 3.63) is 33.8 Å². The molecule has 3 heteroatoms. The summed E-state index contributed by atoms with van der Waals surface area (Å²) in [6.07, 6.45) is 4.88. The van der Waals surface area contributed by atoms with Gasteiger partial charge in [0, 0.05) is 23.1 Å². The van der Waals surface area contributed by atoms with Gasteiger partial charge in [0.05, 0.1) is 0 Å². The van der Waals surface area contributed by atoms with Crippen LogP contribution in [0.25, 0.3) is 0 Å². The van der Waals surface area contributed by atoms with Crippen LogP contribution in [0, 0.1) is 12.8 Å². The molecule has 0 atom stereocenters. The lowest BCUT2D eigenvalue weighted by Crippen LogP contribution is -2.38. The molecule has 0 aliphatic carbocycles. The normalized spacial score (nSPS) is 16.7. The Morgan fingerprint density at radius 3 is 2.63 bits per heavy atom. The van der Waals surface area contributed by atoms with E-state index >= 15 is 0 Å². The Balaban J connectivity index is 1.99. The van der Waals surface area contributed by atoms with Crippen LogP contribution >= 0.6 is 15.9 Å². The molecule has 1 saturated heterocycles.